The predicted molar refractivity (Wildman–Crippen MR) is 57.4 cm³/mol. The van der Waals surface area contributed by atoms with E-state index in [-0.39, 0.29) is 6.04 Å². The standard InChI is InChI=1S/C11H14N2O2/c1-6(12)11(14)8-3-4-10-9(5-8)13-7(2)15-10/h3-6,11,14H,12H2,1-2H3. The number of aromatic nitrogens is 1. The highest BCUT2D eigenvalue weighted by Crippen LogP contribution is 2.22. The van der Waals surface area contributed by atoms with Gasteiger partial charge >= 0.3 is 0 Å². The Morgan fingerprint density at radius 2 is 2.20 bits per heavy atom. The van der Waals surface area contributed by atoms with E-state index in [4.69, 9.17) is 10.2 Å². The first kappa shape index (κ1) is 10.1. The van der Waals surface area contributed by atoms with Crippen LogP contribution in [0.5, 0.6) is 0 Å². The lowest BCUT2D eigenvalue weighted by Gasteiger charge is -2.14. The average Bonchev–Trinajstić information content (AvgIpc) is 2.55. The molecule has 0 aliphatic rings. The number of nitrogens with two attached hydrogens (primary N) is 1. The molecule has 0 saturated heterocycles. The van der Waals surface area contributed by atoms with Crippen LogP contribution in [0.4, 0.5) is 0 Å². The molecule has 4 heteroatoms. The number of fused-ring (bicyclic) bond motifs is 1. The van der Waals surface area contributed by atoms with Gasteiger partial charge in [0.15, 0.2) is 11.5 Å². The van der Waals surface area contributed by atoms with Gasteiger partial charge in [-0.2, -0.15) is 0 Å². The minimum absolute atomic E-state index is 0.296. The Labute approximate surface area is 87.7 Å². The third-order valence-corrected chi connectivity index (χ3v) is 2.36. The maximum atomic E-state index is 9.78. The molecule has 3 N–H and O–H groups in total. The molecule has 0 aliphatic heterocycles. The molecular formula is C11H14N2O2. The van der Waals surface area contributed by atoms with Crippen molar-refractivity contribution in [3.05, 3.63) is 29.7 Å². The van der Waals surface area contributed by atoms with E-state index in [2.05, 4.69) is 4.98 Å². The van der Waals surface area contributed by atoms with Crippen LogP contribution in [-0.2, 0) is 0 Å². The van der Waals surface area contributed by atoms with E-state index >= 15 is 0 Å². The fourth-order valence-corrected chi connectivity index (χ4v) is 1.55. The third-order valence-electron chi connectivity index (χ3n) is 2.36. The molecule has 0 radical (unpaired) electrons. The Hall–Kier alpha value is -1.39. The van der Waals surface area contributed by atoms with E-state index in [1.165, 1.54) is 0 Å². The molecular weight excluding hydrogens is 192 g/mol. The first-order chi connectivity index (χ1) is 7.08. The highest BCUT2D eigenvalue weighted by atomic mass is 16.3. The van der Waals surface area contributed by atoms with Gasteiger partial charge in [-0.05, 0) is 24.6 Å². The molecule has 2 atom stereocenters. The van der Waals surface area contributed by atoms with Gasteiger partial charge in [-0.15, -0.1) is 0 Å². The summed E-state index contributed by atoms with van der Waals surface area (Å²) < 4.78 is 5.34. The predicted octanol–water partition coefficient (Wildman–Crippen LogP) is 1.52. The molecule has 0 saturated carbocycles. The largest absolute Gasteiger partial charge is 0.441 e. The van der Waals surface area contributed by atoms with Crippen LogP contribution >= 0.6 is 0 Å². The summed E-state index contributed by atoms with van der Waals surface area (Å²) in [7, 11) is 0. The van der Waals surface area contributed by atoms with E-state index in [0.29, 0.717) is 5.89 Å². The van der Waals surface area contributed by atoms with E-state index in [1.807, 2.05) is 0 Å². The van der Waals surface area contributed by atoms with Gasteiger partial charge in [0.2, 0.25) is 0 Å². The van der Waals surface area contributed by atoms with E-state index in [9.17, 15) is 5.11 Å². The number of aliphatic hydroxyl groups is 1. The first-order valence-corrected chi connectivity index (χ1v) is 4.88. The number of oxazole rings is 1. The van der Waals surface area contributed by atoms with Crippen molar-refractivity contribution in [2.24, 2.45) is 5.73 Å². The second-order valence-electron chi connectivity index (χ2n) is 3.76. The molecule has 0 amide bonds. The van der Waals surface area contributed by atoms with Crippen molar-refractivity contribution in [1.82, 2.24) is 4.98 Å². The molecule has 1 aromatic heterocycles. The number of nitrogens with zero attached hydrogens (tertiary/aromatic N) is 1. The number of aliphatic hydroxyl groups excluding tert-OH is 1. The molecule has 2 rings (SSSR count). The zero-order chi connectivity index (χ0) is 11.0. The molecule has 0 aliphatic carbocycles. The summed E-state index contributed by atoms with van der Waals surface area (Å²) in [6.07, 6.45) is -0.661. The van der Waals surface area contributed by atoms with Crippen LogP contribution in [0.3, 0.4) is 0 Å². The molecule has 1 aromatic carbocycles. The maximum Gasteiger partial charge on any atom is 0.192 e. The SMILES string of the molecule is Cc1nc2cc(C(O)C(C)N)ccc2o1. The summed E-state index contributed by atoms with van der Waals surface area (Å²) in [6.45, 7) is 3.56. The van der Waals surface area contributed by atoms with Crippen LogP contribution in [0.1, 0.15) is 24.5 Å². The van der Waals surface area contributed by atoms with Crippen molar-refractivity contribution in [3.63, 3.8) is 0 Å². The lowest BCUT2D eigenvalue weighted by Crippen LogP contribution is -2.24. The second-order valence-corrected chi connectivity index (χ2v) is 3.76. The van der Waals surface area contributed by atoms with Gasteiger partial charge in [-0.25, -0.2) is 4.98 Å². The summed E-state index contributed by atoms with van der Waals surface area (Å²) in [4.78, 5) is 4.20. The van der Waals surface area contributed by atoms with Crippen molar-refractivity contribution in [3.8, 4) is 0 Å². The third kappa shape index (κ3) is 1.86. The van der Waals surface area contributed by atoms with Gasteiger partial charge in [0, 0.05) is 13.0 Å². The van der Waals surface area contributed by atoms with Crippen molar-refractivity contribution < 1.29 is 9.52 Å². The molecule has 80 valence electrons. The molecule has 0 fully saturated rings. The van der Waals surface area contributed by atoms with E-state index < -0.39 is 6.10 Å². The lowest BCUT2D eigenvalue weighted by molar-refractivity contribution is 0.153. The molecule has 15 heavy (non-hydrogen) atoms. The van der Waals surface area contributed by atoms with Crippen LogP contribution in [0.15, 0.2) is 22.6 Å². The monoisotopic (exact) mass is 206 g/mol. The fourth-order valence-electron chi connectivity index (χ4n) is 1.55. The van der Waals surface area contributed by atoms with Crippen molar-refractivity contribution >= 4 is 11.1 Å². The van der Waals surface area contributed by atoms with Crippen LogP contribution in [0.25, 0.3) is 11.1 Å². The normalized spacial score (nSPS) is 15.5. The van der Waals surface area contributed by atoms with Gasteiger partial charge in [0.25, 0.3) is 0 Å². The van der Waals surface area contributed by atoms with Gasteiger partial charge < -0.3 is 15.3 Å². The van der Waals surface area contributed by atoms with Gasteiger partial charge in [0.1, 0.15) is 5.52 Å². The molecule has 2 aromatic rings. The summed E-state index contributed by atoms with van der Waals surface area (Å²) in [5.74, 6) is 0.623. The highest BCUT2D eigenvalue weighted by Gasteiger charge is 2.13. The first-order valence-electron chi connectivity index (χ1n) is 4.88. The Balaban J connectivity index is 2.46. The fraction of sp³-hybridized carbons (Fsp3) is 0.364. The minimum atomic E-state index is -0.661. The lowest BCUT2D eigenvalue weighted by atomic mass is 10.0. The van der Waals surface area contributed by atoms with Crippen LogP contribution < -0.4 is 5.73 Å². The summed E-state index contributed by atoms with van der Waals surface area (Å²) in [6, 6.07) is 5.12. The molecule has 2 unspecified atom stereocenters. The van der Waals surface area contributed by atoms with Gasteiger partial charge in [0.05, 0.1) is 6.10 Å². The highest BCUT2D eigenvalue weighted by molar-refractivity contribution is 5.73. The van der Waals surface area contributed by atoms with E-state index in [0.717, 1.165) is 16.7 Å². The number of rotatable bonds is 2. The van der Waals surface area contributed by atoms with E-state index in [1.54, 1.807) is 32.0 Å². The number of hydrogen-bond donors (Lipinski definition) is 2. The number of hydrogen-bond acceptors (Lipinski definition) is 4. The van der Waals surface area contributed by atoms with Crippen molar-refractivity contribution in [2.75, 3.05) is 0 Å². The number of benzene rings is 1. The smallest absolute Gasteiger partial charge is 0.192 e. The quantitative estimate of drug-likeness (QED) is 0.781. The summed E-state index contributed by atoms with van der Waals surface area (Å²) >= 11 is 0. The maximum absolute atomic E-state index is 9.78. The Morgan fingerprint density at radius 1 is 1.47 bits per heavy atom. The Bertz CT molecular complexity index is 476. The van der Waals surface area contributed by atoms with Crippen molar-refractivity contribution in [1.29, 1.82) is 0 Å². The van der Waals surface area contributed by atoms with Crippen LogP contribution in [0.2, 0.25) is 0 Å². The molecule has 1 heterocycles. The average molecular weight is 206 g/mol. The Morgan fingerprint density at radius 3 is 2.87 bits per heavy atom. The Kier molecular flexibility index (Phi) is 2.46. The van der Waals surface area contributed by atoms with Crippen LogP contribution in [0, 0.1) is 6.92 Å². The van der Waals surface area contributed by atoms with Gasteiger partial charge in [-0.3, -0.25) is 0 Å². The summed E-state index contributed by atoms with van der Waals surface area (Å²) in [5, 5.41) is 9.78. The molecule has 4 nitrogen and oxygen atoms in total. The zero-order valence-electron chi connectivity index (χ0n) is 8.77. The van der Waals surface area contributed by atoms with Crippen LogP contribution in [-0.4, -0.2) is 16.1 Å². The topological polar surface area (TPSA) is 72.3 Å². The van der Waals surface area contributed by atoms with Gasteiger partial charge in [-0.1, -0.05) is 6.07 Å². The second kappa shape index (κ2) is 3.64. The van der Waals surface area contributed by atoms with Crippen molar-refractivity contribution in [2.45, 2.75) is 26.0 Å². The molecule has 0 spiro atoms. The number of aryl methyl sites for hydroxylation is 1. The molecule has 0 bridgehead atoms. The zero-order valence-corrected chi connectivity index (χ0v) is 8.77. The minimum Gasteiger partial charge on any atom is -0.441 e. The summed E-state index contributed by atoms with van der Waals surface area (Å²) in [5.41, 5.74) is 7.88.